The van der Waals surface area contributed by atoms with Crippen LogP contribution in [0.2, 0.25) is 0 Å². The van der Waals surface area contributed by atoms with Gasteiger partial charge in [0.25, 0.3) is 0 Å². The molecule has 0 aliphatic heterocycles. The number of hydrogen-bond donors (Lipinski definition) is 1. The van der Waals surface area contributed by atoms with E-state index >= 15 is 0 Å². The van der Waals surface area contributed by atoms with E-state index in [-0.39, 0.29) is 18.3 Å². The van der Waals surface area contributed by atoms with Crippen molar-refractivity contribution in [2.45, 2.75) is 19.4 Å². The van der Waals surface area contributed by atoms with Gasteiger partial charge in [0, 0.05) is 24.5 Å². The van der Waals surface area contributed by atoms with Gasteiger partial charge in [-0.3, -0.25) is 4.79 Å². The predicted molar refractivity (Wildman–Crippen MR) is 81.0 cm³/mol. The highest BCUT2D eigenvalue weighted by Crippen LogP contribution is 2.17. The highest BCUT2D eigenvalue weighted by molar-refractivity contribution is 9.10. The van der Waals surface area contributed by atoms with Gasteiger partial charge < -0.3 is 10.2 Å². The largest absolute Gasteiger partial charge is 0.341 e. The first-order valence-electron chi connectivity index (χ1n) is 5.77. The van der Waals surface area contributed by atoms with Crippen LogP contribution in [0.3, 0.4) is 0 Å². The van der Waals surface area contributed by atoms with Crippen molar-refractivity contribution in [2.75, 3.05) is 20.6 Å². The number of carbonyl (C=O) groups excluding carboxylic acids is 1. The van der Waals surface area contributed by atoms with Crippen LogP contribution in [-0.2, 0) is 11.3 Å². The maximum atomic E-state index is 11.8. The molecule has 1 N–H and O–H groups in total. The summed E-state index contributed by atoms with van der Waals surface area (Å²) < 4.78 is 1.05. The van der Waals surface area contributed by atoms with Crippen molar-refractivity contribution >= 4 is 34.2 Å². The Morgan fingerprint density at radius 3 is 2.67 bits per heavy atom. The number of nitrogens with one attached hydrogen (secondary N) is 1. The molecule has 0 aromatic heterocycles. The molecule has 0 saturated heterocycles. The average molecular weight is 336 g/mol. The predicted octanol–water partition coefficient (Wildman–Crippen LogP) is 2.83. The molecule has 0 saturated carbocycles. The third-order valence-electron chi connectivity index (χ3n) is 2.61. The van der Waals surface area contributed by atoms with E-state index in [1.807, 2.05) is 38.4 Å². The van der Waals surface area contributed by atoms with Crippen LogP contribution >= 0.6 is 28.3 Å². The smallest absolute Gasteiger partial charge is 0.222 e. The average Bonchev–Trinajstić information content (AvgIpc) is 2.32. The third kappa shape index (κ3) is 5.85. The SMILES string of the molecule is CNCCCC(=O)N(C)Cc1ccccc1Br.Cl. The molecule has 3 nitrogen and oxygen atoms in total. The number of nitrogens with zero attached hydrogens (tertiary/aromatic N) is 1. The first-order valence-corrected chi connectivity index (χ1v) is 6.56. The second kappa shape index (κ2) is 9.36. The fourth-order valence-electron chi connectivity index (χ4n) is 1.58. The molecule has 5 heteroatoms. The molecule has 0 unspecified atom stereocenters. The van der Waals surface area contributed by atoms with Gasteiger partial charge in [-0.1, -0.05) is 34.1 Å². The van der Waals surface area contributed by atoms with Gasteiger partial charge in [0.05, 0.1) is 0 Å². The van der Waals surface area contributed by atoms with E-state index in [0.717, 1.165) is 23.0 Å². The summed E-state index contributed by atoms with van der Waals surface area (Å²) in [5.41, 5.74) is 1.14. The van der Waals surface area contributed by atoms with Crippen molar-refractivity contribution in [1.82, 2.24) is 10.2 Å². The zero-order valence-electron chi connectivity index (χ0n) is 10.8. The zero-order valence-corrected chi connectivity index (χ0v) is 13.2. The Hall–Kier alpha value is -0.580. The minimum absolute atomic E-state index is 0. The van der Waals surface area contributed by atoms with Gasteiger partial charge in [-0.25, -0.2) is 0 Å². The zero-order chi connectivity index (χ0) is 12.7. The molecule has 0 fully saturated rings. The molecule has 0 aliphatic rings. The summed E-state index contributed by atoms with van der Waals surface area (Å²) >= 11 is 3.49. The molecule has 0 bridgehead atoms. The van der Waals surface area contributed by atoms with Gasteiger partial charge in [-0.15, -0.1) is 12.4 Å². The number of halogens is 2. The fraction of sp³-hybridized carbons (Fsp3) is 0.462. The summed E-state index contributed by atoms with van der Waals surface area (Å²) in [4.78, 5) is 13.6. The van der Waals surface area contributed by atoms with Crippen LogP contribution in [0.1, 0.15) is 18.4 Å². The first kappa shape index (κ1) is 17.4. The van der Waals surface area contributed by atoms with Crippen molar-refractivity contribution in [2.24, 2.45) is 0 Å². The molecule has 18 heavy (non-hydrogen) atoms. The summed E-state index contributed by atoms with van der Waals surface area (Å²) in [5, 5.41) is 3.04. The molecule has 0 aliphatic carbocycles. The van der Waals surface area contributed by atoms with E-state index in [2.05, 4.69) is 21.2 Å². The summed E-state index contributed by atoms with van der Waals surface area (Å²) in [6.07, 6.45) is 1.48. The monoisotopic (exact) mass is 334 g/mol. The summed E-state index contributed by atoms with van der Waals surface area (Å²) in [5.74, 6) is 0.191. The van der Waals surface area contributed by atoms with E-state index in [4.69, 9.17) is 0 Å². The van der Waals surface area contributed by atoms with Crippen molar-refractivity contribution in [1.29, 1.82) is 0 Å². The quantitative estimate of drug-likeness (QED) is 0.811. The van der Waals surface area contributed by atoms with Gasteiger partial charge in [0.15, 0.2) is 0 Å². The number of amides is 1. The maximum Gasteiger partial charge on any atom is 0.222 e. The van der Waals surface area contributed by atoms with Crippen LogP contribution in [0, 0.1) is 0 Å². The highest BCUT2D eigenvalue weighted by Gasteiger charge is 2.09. The van der Waals surface area contributed by atoms with Crippen molar-refractivity contribution in [3.63, 3.8) is 0 Å². The Morgan fingerprint density at radius 1 is 1.39 bits per heavy atom. The van der Waals surface area contributed by atoms with Crippen LogP contribution < -0.4 is 5.32 Å². The molecule has 0 heterocycles. The van der Waals surface area contributed by atoms with E-state index in [0.29, 0.717) is 13.0 Å². The number of hydrogen-bond acceptors (Lipinski definition) is 2. The lowest BCUT2D eigenvalue weighted by Gasteiger charge is -2.18. The normalized spacial score (nSPS) is 9.72. The third-order valence-corrected chi connectivity index (χ3v) is 3.38. The fourth-order valence-corrected chi connectivity index (χ4v) is 1.99. The second-order valence-electron chi connectivity index (χ2n) is 4.05. The molecular weight excluding hydrogens is 316 g/mol. The Morgan fingerprint density at radius 2 is 2.06 bits per heavy atom. The summed E-state index contributed by atoms with van der Waals surface area (Å²) in [7, 11) is 3.75. The molecule has 1 aromatic carbocycles. The van der Waals surface area contributed by atoms with E-state index < -0.39 is 0 Å². The Bertz CT molecular complexity index is 374. The minimum Gasteiger partial charge on any atom is -0.341 e. The van der Waals surface area contributed by atoms with E-state index in [1.54, 1.807) is 4.90 Å². The van der Waals surface area contributed by atoms with Gasteiger partial charge in [0.2, 0.25) is 5.91 Å². The van der Waals surface area contributed by atoms with Crippen molar-refractivity contribution in [3.8, 4) is 0 Å². The Labute approximate surface area is 123 Å². The number of carbonyl (C=O) groups is 1. The van der Waals surface area contributed by atoms with E-state index in [1.165, 1.54) is 0 Å². The first-order chi connectivity index (χ1) is 8.15. The van der Waals surface area contributed by atoms with E-state index in [9.17, 15) is 4.79 Å². The second-order valence-corrected chi connectivity index (χ2v) is 4.90. The Balaban J connectivity index is 0.00000289. The maximum absolute atomic E-state index is 11.8. The topological polar surface area (TPSA) is 32.3 Å². The molecule has 0 atom stereocenters. The molecule has 0 spiro atoms. The summed E-state index contributed by atoms with van der Waals surface area (Å²) in [6.45, 7) is 1.54. The molecular formula is C13H20BrClN2O. The minimum atomic E-state index is 0. The van der Waals surface area contributed by atoms with Gasteiger partial charge in [-0.05, 0) is 31.6 Å². The Kier molecular flexibility index (Phi) is 9.06. The molecule has 1 rings (SSSR count). The molecule has 102 valence electrons. The lowest BCUT2D eigenvalue weighted by Crippen LogP contribution is -2.26. The van der Waals surface area contributed by atoms with Crippen LogP contribution in [0.5, 0.6) is 0 Å². The number of benzene rings is 1. The van der Waals surface area contributed by atoms with Crippen molar-refractivity contribution < 1.29 is 4.79 Å². The van der Waals surface area contributed by atoms with Crippen LogP contribution in [0.25, 0.3) is 0 Å². The lowest BCUT2D eigenvalue weighted by molar-refractivity contribution is -0.130. The molecule has 1 amide bonds. The van der Waals surface area contributed by atoms with Crippen LogP contribution in [-0.4, -0.2) is 31.4 Å². The lowest BCUT2D eigenvalue weighted by atomic mass is 10.2. The van der Waals surface area contributed by atoms with Gasteiger partial charge >= 0.3 is 0 Å². The van der Waals surface area contributed by atoms with Gasteiger partial charge in [0.1, 0.15) is 0 Å². The summed E-state index contributed by atoms with van der Waals surface area (Å²) in [6, 6.07) is 7.98. The van der Waals surface area contributed by atoms with Gasteiger partial charge in [-0.2, -0.15) is 0 Å². The number of rotatable bonds is 6. The standard InChI is InChI=1S/C13H19BrN2O.ClH/c1-15-9-5-8-13(17)16(2)10-11-6-3-4-7-12(11)14;/h3-4,6-7,15H,5,8-10H2,1-2H3;1H. The van der Waals surface area contributed by atoms with Crippen LogP contribution in [0.15, 0.2) is 28.7 Å². The van der Waals surface area contributed by atoms with Crippen LogP contribution in [0.4, 0.5) is 0 Å². The molecule has 0 radical (unpaired) electrons. The van der Waals surface area contributed by atoms with Crippen molar-refractivity contribution in [3.05, 3.63) is 34.3 Å². The highest BCUT2D eigenvalue weighted by atomic mass is 79.9. The molecule has 1 aromatic rings.